The van der Waals surface area contributed by atoms with Gasteiger partial charge in [-0.25, -0.2) is 0 Å². The summed E-state index contributed by atoms with van der Waals surface area (Å²) in [7, 11) is 1.73. The molecule has 1 fully saturated rings. The normalized spacial score (nSPS) is 28.9. The van der Waals surface area contributed by atoms with Crippen molar-refractivity contribution in [3.05, 3.63) is 0 Å². The van der Waals surface area contributed by atoms with E-state index in [0.29, 0.717) is 6.42 Å². The number of nitrogens with one attached hydrogen (secondary N) is 1. The van der Waals surface area contributed by atoms with Gasteiger partial charge in [-0.3, -0.25) is 0 Å². The van der Waals surface area contributed by atoms with E-state index in [9.17, 15) is 13.2 Å². The Morgan fingerprint density at radius 2 is 2.22 bits per heavy atom. The van der Waals surface area contributed by atoms with E-state index in [2.05, 4.69) is 11.4 Å². The number of hydrogen-bond donors (Lipinski definition) is 1. The Balaban J connectivity index is 2.29. The highest BCUT2D eigenvalue weighted by Crippen LogP contribution is 2.30. The predicted octanol–water partition coefficient (Wildman–Crippen LogP) is 2.77. The van der Waals surface area contributed by atoms with Crippen LogP contribution in [-0.2, 0) is 4.74 Å². The van der Waals surface area contributed by atoms with Gasteiger partial charge in [0.2, 0.25) is 0 Å². The summed E-state index contributed by atoms with van der Waals surface area (Å²) in [4.78, 5) is 0. The zero-order valence-electron chi connectivity index (χ0n) is 10.5. The molecule has 0 saturated heterocycles. The van der Waals surface area contributed by atoms with Gasteiger partial charge >= 0.3 is 6.18 Å². The minimum absolute atomic E-state index is 0.0148. The van der Waals surface area contributed by atoms with Crippen LogP contribution < -0.4 is 5.32 Å². The molecule has 2 unspecified atom stereocenters. The fourth-order valence-electron chi connectivity index (χ4n) is 2.27. The number of rotatable bonds is 5. The van der Waals surface area contributed by atoms with E-state index < -0.39 is 18.1 Å². The summed E-state index contributed by atoms with van der Waals surface area (Å²) in [5.41, 5.74) is -0.576. The summed E-state index contributed by atoms with van der Waals surface area (Å²) in [5.74, 6) is 0. The van der Waals surface area contributed by atoms with Gasteiger partial charge in [0.15, 0.2) is 0 Å². The van der Waals surface area contributed by atoms with Crippen LogP contribution in [0.5, 0.6) is 0 Å². The molecule has 1 N–H and O–H groups in total. The van der Waals surface area contributed by atoms with Gasteiger partial charge in [0.05, 0.1) is 12.2 Å². The van der Waals surface area contributed by atoms with Crippen molar-refractivity contribution in [3.63, 3.8) is 0 Å². The topological polar surface area (TPSA) is 45.0 Å². The van der Waals surface area contributed by atoms with E-state index in [1.807, 2.05) is 0 Å². The van der Waals surface area contributed by atoms with Crippen LogP contribution in [0.3, 0.4) is 0 Å². The highest BCUT2D eigenvalue weighted by molar-refractivity contribution is 5.09. The van der Waals surface area contributed by atoms with Crippen molar-refractivity contribution in [3.8, 4) is 6.07 Å². The standard InChI is InChI=1S/C12H19F3N2O/c1-17-11(9-16)5-2-4-10(8-11)18-7-3-6-12(13,14)15/h10,17H,2-8H2,1H3. The zero-order valence-corrected chi connectivity index (χ0v) is 10.5. The van der Waals surface area contributed by atoms with Crippen LogP contribution in [0.15, 0.2) is 0 Å². The van der Waals surface area contributed by atoms with Crippen molar-refractivity contribution in [2.24, 2.45) is 0 Å². The number of nitriles is 1. The van der Waals surface area contributed by atoms with Crippen molar-refractivity contribution in [2.75, 3.05) is 13.7 Å². The van der Waals surface area contributed by atoms with Gasteiger partial charge in [-0.05, 0) is 32.7 Å². The van der Waals surface area contributed by atoms with E-state index >= 15 is 0 Å². The first-order valence-corrected chi connectivity index (χ1v) is 6.19. The Morgan fingerprint density at radius 3 is 2.78 bits per heavy atom. The number of hydrogen-bond acceptors (Lipinski definition) is 3. The van der Waals surface area contributed by atoms with Crippen LogP contribution in [-0.4, -0.2) is 31.5 Å². The lowest BCUT2D eigenvalue weighted by atomic mass is 9.81. The smallest absolute Gasteiger partial charge is 0.378 e. The highest BCUT2D eigenvalue weighted by atomic mass is 19.4. The van der Waals surface area contributed by atoms with E-state index in [1.165, 1.54) is 0 Å². The lowest BCUT2D eigenvalue weighted by molar-refractivity contribution is -0.139. The monoisotopic (exact) mass is 264 g/mol. The summed E-state index contributed by atoms with van der Waals surface area (Å²) in [5, 5.41) is 12.1. The van der Waals surface area contributed by atoms with Crippen LogP contribution in [0, 0.1) is 11.3 Å². The first-order valence-electron chi connectivity index (χ1n) is 6.19. The van der Waals surface area contributed by atoms with Gasteiger partial charge in [-0.1, -0.05) is 0 Å². The maximum atomic E-state index is 11.9. The molecule has 18 heavy (non-hydrogen) atoms. The summed E-state index contributed by atoms with van der Waals surface area (Å²) >= 11 is 0. The second-order valence-corrected chi connectivity index (χ2v) is 4.75. The molecule has 0 aromatic rings. The molecule has 0 aromatic carbocycles. The average Bonchev–Trinajstić information content (AvgIpc) is 2.34. The van der Waals surface area contributed by atoms with Gasteiger partial charge in [-0.15, -0.1) is 0 Å². The highest BCUT2D eigenvalue weighted by Gasteiger charge is 2.35. The van der Waals surface area contributed by atoms with Crippen LogP contribution in [0.1, 0.15) is 38.5 Å². The molecule has 1 aliphatic rings. The van der Waals surface area contributed by atoms with Gasteiger partial charge in [0, 0.05) is 19.4 Å². The SMILES string of the molecule is CNC1(C#N)CCCC(OCCCC(F)(F)F)C1. The molecule has 0 amide bonds. The average molecular weight is 264 g/mol. The zero-order chi connectivity index (χ0) is 13.6. The van der Waals surface area contributed by atoms with Crippen LogP contribution in [0.2, 0.25) is 0 Å². The lowest BCUT2D eigenvalue weighted by Crippen LogP contribution is -2.47. The van der Waals surface area contributed by atoms with E-state index in [0.717, 1.165) is 19.3 Å². The molecule has 0 radical (unpaired) electrons. The quantitative estimate of drug-likeness (QED) is 0.777. The summed E-state index contributed by atoms with van der Waals surface area (Å²) in [6, 6.07) is 2.24. The van der Waals surface area contributed by atoms with E-state index in [1.54, 1.807) is 7.05 Å². The summed E-state index contributed by atoms with van der Waals surface area (Å²) in [6.07, 6.45) is -2.06. The molecule has 0 spiro atoms. The van der Waals surface area contributed by atoms with Gasteiger partial charge in [0.1, 0.15) is 5.54 Å². The number of ether oxygens (including phenoxy) is 1. The molecule has 0 aliphatic heterocycles. The van der Waals surface area contributed by atoms with Crippen molar-refractivity contribution in [2.45, 2.75) is 56.3 Å². The number of alkyl halides is 3. The maximum Gasteiger partial charge on any atom is 0.389 e. The molecule has 1 aliphatic carbocycles. The third-order valence-electron chi connectivity index (χ3n) is 3.36. The minimum Gasteiger partial charge on any atom is -0.378 e. The van der Waals surface area contributed by atoms with E-state index in [4.69, 9.17) is 10.00 Å². The number of halogens is 3. The molecule has 3 nitrogen and oxygen atoms in total. The maximum absolute atomic E-state index is 11.9. The van der Waals surface area contributed by atoms with Crippen molar-refractivity contribution in [1.29, 1.82) is 5.26 Å². The summed E-state index contributed by atoms with van der Waals surface area (Å²) in [6.45, 7) is 0.107. The van der Waals surface area contributed by atoms with Crippen molar-refractivity contribution >= 4 is 0 Å². The molecular weight excluding hydrogens is 245 g/mol. The van der Waals surface area contributed by atoms with Crippen LogP contribution >= 0.6 is 0 Å². The molecule has 2 atom stereocenters. The Kier molecular flexibility index (Phi) is 5.42. The molecular formula is C12H19F3N2O. The Bertz CT molecular complexity index is 301. The van der Waals surface area contributed by atoms with Crippen LogP contribution in [0.4, 0.5) is 13.2 Å². The molecule has 0 aromatic heterocycles. The van der Waals surface area contributed by atoms with Crippen molar-refractivity contribution in [1.82, 2.24) is 5.32 Å². The number of nitrogens with zero attached hydrogens (tertiary/aromatic N) is 1. The molecule has 1 saturated carbocycles. The Morgan fingerprint density at radius 1 is 1.50 bits per heavy atom. The largest absolute Gasteiger partial charge is 0.389 e. The van der Waals surface area contributed by atoms with Gasteiger partial charge in [-0.2, -0.15) is 18.4 Å². The Hall–Kier alpha value is -0.800. The molecule has 0 heterocycles. The third kappa shape index (κ3) is 4.83. The fraction of sp³-hybridized carbons (Fsp3) is 0.917. The lowest BCUT2D eigenvalue weighted by Gasteiger charge is -2.35. The second kappa shape index (κ2) is 6.39. The van der Waals surface area contributed by atoms with Gasteiger partial charge < -0.3 is 10.1 Å². The first-order chi connectivity index (χ1) is 8.41. The second-order valence-electron chi connectivity index (χ2n) is 4.75. The van der Waals surface area contributed by atoms with Crippen molar-refractivity contribution < 1.29 is 17.9 Å². The molecule has 6 heteroatoms. The Labute approximate surface area is 105 Å². The minimum atomic E-state index is -4.11. The van der Waals surface area contributed by atoms with E-state index in [-0.39, 0.29) is 19.1 Å². The predicted molar refractivity (Wildman–Crippen MR) is 60.9 cm³/mol. The van der Waals surface area contributed by atoms with Gasteiger partial charge in [0.25, 0.3) is 0 Å². The molecule has 0 bridgehead atoms. The first kappa shape index (κ1) is 15.3. The van der Waals surface area contributed by atoms with Crippen LogP contribution in [0.25, 0.3) is 0 Å². The molecule has 104 valence electrons. The third-order valence-corrected chi connectivity index (χ3v) is 3.36. The summed E-state index contributed by atoms with van der Waals surface area (Å²) < 4.78 is 41.3. The fourth-order valence-corrected chi connectivity index (χ4v) is 2.27. The molecule has 1 rings (SSSR count).